The molecule has 9 heteroatoms. The Kier molecular flexibility index (Phi) is 6.18. The number of aromatic nitrogens is 2. The number of rotatable bonds is 7. The second kappa shape index (κ2) is 9.19. The summed E-state index contributed by atoms with van der Waals surface area (Å²) < 4.78 is 15.2. The molecule has 0 aliphatic rings. The molecule has 0 bridgehead atoms. The fraction of sp³-hybridized carbons (Fsp3) is 0.130. The van der Waals surface area contributed by atoms with E-state index in [1.165, 1.54) is 36.0 Å². The molecule has 0 radical (unpaired) electrons. The lowest BCUT2D eigenvalue weighted by molar-refractivity contribution is -0.384. The van der Waals surface area contributed by atoms with Crippen molar-refractivity contribution in [2.75, 3.05) is 5.75 Å². The lowest BCUT2D eigenvalue weighted by atomic mass is 10.1. The molecule has 1 amide bonds. The minimum atomic E-state index is -0.485. The SMILES string of the molecule is CC(NC(=O)CSc1nc2cc([N+](=O)[O-])ccc2n1-c1ccc(F)cc1)c1ccccc1. The van der Waals surface area contributed by atoms with Gasteiger partial charge in [-0.2, -0.15) is 0 Å². The number of benzene rings is 3. The van der Waals surface area contributed by atoms with Gasteiger partial charge in [-0.25, -0.2) is 9.37 Å². The molecule has 162 valence electrons. The molecule has 1 aromatic heterocycles. The van der Waals surface area contributed by atoms with Crippen LogP contribution in [0.2, 0.25) is 0 Å². The number of nitrogens with zero attached hydrogens (tertiary/aromatic N) is 3. The second-order valence-electron chi connectivity index (χ2n) is 7.12. The molecule has 32 heavy (non-hydrogen) atoms. The number of imidazole rings is 1. The van der Waals surface area contributed by atoms with Crippen molar-refractivity contribution in [3.05, 3.63) is 94.3 Å². The molecule has 1 atom stereocenters. The van der Waals surface area contributed by atoms with E-state index >= 15 is 0 Å². The normalized spacial score (nSPS) is 11.9. The van der Waals surface area contributed by atoms with Crippen LogP contribution >= 0.6 is 11.8 Å². The fourth-order valence-corrected chi connectivity index (χ4v) is 4.17. The van der Waals surface area contributed by atoms with Crippen molar-refractivity contribution >= 4 is 34.4 Å². The van der Waals surface area contributed by atoms with E-state index in [0.717, 1.165) is 5.56 Å². The van der Waals surface area contributed by atoms with Crippen LogP contribution in [0, 0.1) is 15.9 Å². The van der Waals surface area contributed by atoms with Crippen molar-refractivity contribution in [1.82, 2.24) is 14.9 Å². The van der Waals surface area contributed by atoms with Crippen molar-refractivity contribution in [1.29, 1.82) is 0 Å². The van der Waals surface area contributed by atoms with Crippen molar-refractivity contribution < 1.29 is 14.1 Å². The number of nitro groups is 1. The lowest BCUT2D eigenvalue weighted by Gasteiger charge is -2.14. The predicted molar refractivity (Wildman–Crippen MR) is 121 cm³/mol. The Balaban J connectivity index is 1.60. The number of nitrogens with one attached hydrogen (secondary N) is 1. The third kappa shape index (κ3) is 4.62. The number of hydrogen-bond acceptors (Lipinski definition) is 5. The average Bonchev–Trinajstić information content (AvgIpc) is 3.16. The Labute approximate surface area is 187 Å². The van der Waals surface area contributed by atoms with E-state index in [2.05, 4.69) is 10.3 Å². The summed E-state index contributed by atoms with van der Waals surface area (Å²) in [7, 11) is 0. The molecule has 0 saturated carbocycles. The van der Waals surface area contributed by atoms with Crippen LogP contribution in [-0.2, 0) is 4.79 Å². The number of halogens is 1. The summed E-state index contributed by atoms with van der Waals surface area (Å²) >= 11 is 1.21. The van der Waals surface area contributed by atoms with Crippen molar-refractivity contribution in [3.63, 3.8) is 0 Å². The molecular formula is C23H19FN4O3S. The number of fused-ring (bicyclic) bond motifs is 1. The summed E-state index contributed by atoms with van der Waals surface area (Å²) in [5.74, 6) is -0.448. The van der Waals surface area contributed by atoms with Gasteiger partial charge in [0.05, 0.1) is 27.8 Å². The Morgan fingerprint density at radius 1 is 1.16 bits per heavy atom. The predicted octanol–water partition coefficient (Wildman–Crippen LogP) is 5.04. The highest BCUT2D eigenvalue weighted by Crippen LogP contribution is 2.30. The number of amides is 1. The highest BCUT2D eigenvalue weighted by molar-refractivity contribution is 7.99. The molecule has 3 aromatic carbocycles. The van der Waals surface area contributed by atoms with Gasteiger partial charge in [0.15, 0.2) is 5.16 Å². The quantitative estimate of drug-likeness (QED) is 0.242. The standard InChI is InChI=1S/C23H19FN4O3S/c1-15(16-5-3-2-4-6-16)25-22(29)14-32-23-26-20-13-19(28(30)31)11-12-21(20)27(23)18-9-7-17(24)8-10-18/h2-13,15H,14H2,1H3,(H,25,29). The monoisotopic (exact) mass is 450 g/mol. The van der Waals surface area contributed by atoms with Crippen LogP contribution in [0.3, 0.4) is 0 Å². The Morgan fingerprint density at radius 2 is 1.88 bits per heavy atom. The highest BCUT2D eigenvalue weighted by Gasteiger charge is 2.18. The van der Waals surface area contributed by atoms with E-state index < -0.39 is 4.92 Å². The molecule has 1 heterocycles. The first-order valence-corrected chi connectivity index (χ1v) is 10.8. The summed E-state index contributed by atoms with van der Waals surface area (Å²) in [5, 5.41) is 14.6. The van der Waals surface area contributed by atoms with E-state index in [1.807, 2.05) is 37.3 Å². The van der Waals surface area contributed by atoms with E-state index in [0.29, 0.717) is 21.9 Å². The largest absolute Gasteiger partial charge is 0.349 e. The number of carbonyl (C=O) groups excluding carboxylic acids is 1. The van der Waals surface area contributed by atoms with E-state index in [4.69, 9.17) is 0 Å². The van der Waals surface area contributed by atoms with Crippen LogP contribution in [0.15, 0.2) is 78.0 Å². The Hall–Kier alpha value is -3.72. The molecular weight excluding hydrogens is 431 g/mol. The molecule has 7 nitrogen and oxygen atoms in total. The third-order valence-electron chi connectivity index (χ3n) is 4.91. The number of thioether (sulfide) groups is 1. The molecule has 0 aliphatic heterocycles. The number of nitro benzene ring substituents is 1. The topological polar surface area (TPSA) is 90.1 Å². The minimum Gasteiger partial charge on any atom is -0.349 e. The third-order valence-corrected chi connectivity index (χ3v) is 5.85. The zero-order chi connectivity index (χ0) is 22.7. The summed E-state index contributed by atoms with van der Waals surface area (Å²) in [6, 6.07) is 19.7. The molecule has 0 fully saturated rings. The summed E-state index contributed by atoms with van der Waals surface area (Å²) in [5.41, 5.74) is 2.61. The van der Waals surface area contributed by atoms with Crippen LogP contribution in [0.5, 0.6) is 0 Å². The van der Waals surface area contributed by atoms with Crippen LogP contribution in [0.4, 0.5) is 10.1 Å². The van der Waals surface area contributed by atoms with Gasteiger partial charge in [0.1, 0.15) is 5.82 Å². The smallest absolute Gasteiger partial charge is 0.271 e. The Morgan fingerprint density at radius 3 is 2.56 bits per heavy atom. The van der Waals surface area contributed by atoms with Crippen molar-refractivity contribution in [2.45, 2.75) is 18.1 Å². The first kappa shape index (κ1) is 21.5. The van der Waals surface area contributed by atoms with Crippen LogP contribution in [0.25, 0.3) is 16.7 Å². The van der Waals surface area contributed by atoms with Gasteiger partial charge >= 0.3 is 0 Å². The van der Waals surface area contributed by atoms with Gasteiger partial charge in [-0.1, -0.05) is 42.1 Å². The summed E-state index contributed by atoms with van der Waals surface area (Å²) in [6.45, 7) is 1.91. The number of carbonyl (C=O) groups is 1. The van der Waals surface area contributed by atoms with Gasteiger partial charge in [-0.3, -0.25) is 19.5 Å². The van der Waals surface area contributed by atoms with Crippen molar-refractivity contribution in [2.24, 2.45) is 0 Å². The van der Waals surface area contributed by atoms with Gasteiger partial charge in [0.2, 0.25) is 5.91 Å². The number of non-ortho nitro benzene ring substituents is 1. The first-order valence-electron chi connectivity index (χ1n) is 9.82. The van der Waals surface area contributed by atoms with Crippen molar-refractivity contribution in [3.8, 4) is 5.69 Å². The summed E-state index contributed by atoms with van der Waals surface area (Å²) in [4.78, 5) is 27.7. The van der Waals surface area contributed by atoms with Gasteiger partial charge in [0.25, 0.3) is 5.69 Å². The van der Waals surface area contributed by atoms with E-state index in [-0.39, 0.29) is 29.2 Å². The molecule has 0 saturated heterocycles. The zero-order valence-corrected chi connectivity index (χ0v) is 17.9. The van der Waals surface area contributed by atoms with E-state index in [1.54, 1.807) is 22.8 Å². The highest BCUT2D eigenvalue weighted by atomic mass is 32.2. The van der Waals surface area contributed by atoms with Gasteiger partial charge in [-0.05, 0) is 42.8 Å². The van der Waals surface area contributed by atoms with Crippen LogP contribution < -0.4 is 5.32 Å². The van der Waals surface area contributed by atoms with E-state index in [9.17, 15) is 19.3 Å². The maximum absolute atomic E-state index is 13.4. The molecule has 1 N–H and O–H groups in total. The van der Waals surface area contributed by atoms with Crippen LogP contribution in [-0.4, -0.2) is 26.1 Å². The van der Waals surface area contributed by atoms with Crippen LogP contribution in [0.1, 0.15) is 18.5 Å². The van der Waals surface area contributed by atoms with Gasteiger partial charge in [0, 0.05) is 17.8 Å². The molecule has 1 unspecified atom stereocenters. The van der Waals surface area contributed by atoms with Gasteiger partial charge in [-0.15, -0.1) is 0 Å². The second-order valence-corrected chi connectivity index (χ2v) is 8.07. The first-order chi connectivity index (χ1) is 15.4. The fourth-order valence-electron chi connectivity index (χ4n) is 3.33. The maximum Gasteiger partial charge on any atom is 0.271 e. The maximum atomic E-state index is 13.4. The average molecular weight is 450 g/mol. The molecule has 0 spiro atoms. The Bertz CT molecular complexity index is 1280. The lowest BCUT2D eigenvalue weighted by Crippen LogP contribution is -2.28. The molecule has 4 rings (SSSR count). The zero-order valence-electron chi connectivity index (χ0n) is 17.1. The van der Waals surface area contributed by atoms with Gasteiger partial charge < -0.3 is 5.32 Å². The number of hydrogen-bond donors (Lipinski definition) is 1. The summed E-state index contributed by atoms with van der Waals surface area (Å²) in [6.07, 6.45) is 0. The minimum absolute atomic E-state index is 0.0766. The molecule has 0 aliphatic carbocycles. The molecule has 4 aromatic rings.